The molecular formula is C14H19BrN2O. The molecule has 3 nitrogen and oxygen atoms in total. The van der Waals surface area contributed by atoms with Crippen molar-refractivity contribution in [1.82, 2.24) is 4.90 Å². The average molecular weight is 311 g/mol. The fourth-order valence-electron chi connectivity index (χ4n) is 2.37. The summed E-state index contributed by atoms with van der Waals surface area (Å²) in [5.74, 6) is 0.135. The molecule has 1 fully saturated rings. The number of hydrogen-bond donors (Lipinski definition) is 0. The highest BCUT2D eigenvalue weighted by molar-refractivity contribution is 9.10. The SMILES string of the molecule is CCN1CCN(c2cc(Br)ccc2C(C)=O)CC1. The van der Waals surface area contributed by atoms with E-state index in [4.69, 9.17) is 0 Å². The van der Waals surface area contributed by atoms with E-state index in [9.17, 15) is 4.79 Å². The molecule has 0 N–H and O–H groups in total. The molecule has 1 saturated heterocycles. The maximum Gasteiger partial charge on any atom is 0.161 e. The summed E-state index contributed by atoms with van der Waals surface area (Å²) in [5, 5.41) is 0. The van der Waals surface area contributed by atoms with Crippen LogP contribution in [0.2, 0.25) is 0 Å². The second-order valence-corrected chi connectivity index (χ2v) is 5.55. The minimum atomic E-state index is 0.135. The van der Waals surface area contributed by atoms with Crippen LogP contribution in [0.5, 0.6) is 0 Å². The van der Waals surface area contributed by atoms with Gasteiger partial charge in [0.1, 0.15) is 0 Å². The molecule has 1 aromatic carbocycles. The molecule has 0 aromatic heterocycles. The molecule has 4 heteroatoms. The summed E-state index contributed by atoms with van der Waals surface area (Å²) in [4.78, 5) is 16.4. The van der Waals surface area contributed by atoms with Crippen LogP contribution in [0.4, 0.5) is 5.69 Å². The van der Waals surface area contributed by atoms with Gasteiger partial charge in [-0.1, -0.05) is 22.9 Å². The van der Waals surface area contributed by atoms with Crippen LogP contribution in [0.1, 0.15) is 24.2 Å². The number of anilines is 1. The Balaban J connectivity index is 2.22. The Morgan fingerprint density at radius 3 is 2.50 bits per heavy atom. The van der Waals surface area contributed by atoms with E-state index in [2.05, 4.69) is 38.7 Å². The highest BCUT2D eigenvalue weighted by Crippen LogP contribution is 2.26. The van der Waals surface area contributed by atoms with Crippen LogP contribution in [-0.2, 0) is 0 Å². The summed E-state index contributed by atoms with van der Waals surface area (Å²) in [6.07, 6.45) is 0. The van der Waals surface area contributed by atoms with Gasteiger partial charge in [0, 0.05) is 41.9 Å². The van der Waals surface area contributed by atoms with Crippen LogP contribution in [0.3, 0.4) is 0 Å². The molecule has 0 amide bonds. The molecule has 0 aliphatic carbocycles. The lowest BCUT2D eigenvalue weighted by Gasteiger charge is -2.36. The fraction of sp³-hybridized carbons (Fsp3) is 0.500. The molecule has 0 bridgehead atoms. The Hall–Kier alpha value is -0.870. The molecule has 0 radical (unpaired) electrons. The van der Waals surface area contributed by atoms with Gasteiger partial charge in [-0.2, -0.15) is 0 Å². The lowest BCUT2D eigenvalue weighted by molar-refractivity contribution is 0.101. The van der Waals surface area contributed by atoms with E-state index in [0.717, 1.165) is 48.4 Å². The summed E-state index contributed by atoms with van der Waals surface area (Å²) in [5.41, 5.74) is 1.88. The Morgan fingerprint density at radius 1 is 1.28 bits per heavy atom. The van der Waals surface area contributed by atoms with Gasteiger partial charge in [0.2, 0.25) is 0 Å². The van der Waals surface area contributed by atoms with Gasteiger partial charge in [0.05, 0.1) is 0 Å². The predicted octanol–water partition coefficient (Wildman–Crippen LogP) is 2.79. The van der Waals surface area contributed by atoms with Crippen molar-refractivity contribution < 1.29 is 4.79 Å². The van der Waals surface area contributed by atoms with Gasteiger partial charge in [-0.05, 0) is 31.7 Å². The summed E-state index contributed by atoms with van der Waals surface area (Å²) in [6.45, 7) is 9.05. The Bertz CT molecular complexity index is 439. The summed E-state index contributed by atoms with van der Waals surface area (Å²) >= 11 is 3.49. The summed E-state index contributed by atoms with van der Waals surface area (Å²) in [6, 6.07) is 5.90. The van der Waals surface area contributed by atoms with Crippen LogP contribution < -0.4 is 4.90 Å². The molecule has 1 heterocycles. The smallest absolute Gasteiger partial charge is 0.161 e. The fourth-order valence-corrected chi connectivity index (χ4v) is 2.72. The first kappa shape index (κ1) is 13.6. The van der Waals surface area contributed by atoms with Crippen LogP contribution in [-0.4, -0.2) is 43.4 Å². The number of rotatable bonds is 3. The Kier molecular flexibility index (Phi) is 4.40. The maximum absolute atomic E-state index is 11.7. The molecule has 0 unspecified atom stereocenters. The van der Waals surface area contributed by atoms with E-state index in [-0.39, 0.29) is 5.78 Å². The first-order chi connectivity index (χ1) is 8.61. The number of Topliss-reactive ketones (excluding diaryl/α,β-unsaturated/α-hetero) is 1. The number of piperazine rings is 1. The standard InChI is InChI=1S/C14H19BrN2O/c1-3-16-6-8-17(9-7-16)14-10-12(15)4-5-13(14)11(2)18/h4-5,10H,3,6-9H2,1-2H3. The van der Waals surface area contributed by atoms with Crippen LogP contribution in [0.25, 0.3) is 0 Å². The normalized spacial score (nSPS) is 16.9. The van der Waals surface area contributed by atoms with Crippen molar-refractivity contribution >= 4 is 27.4 Å². The van der Waals surface area contributed by atoms with Gasteiger partial charge in [-0.3, -0.25) is 4.79 Å². The second kappa shape index (κ2) is 5.85. The van der Waals surface area contributed by atoms with Crippen molar-refractivity contribution in [2.45, 2.75) is 13.8 Å². The number of carbonyl (C=O) groups is 1. The van der Waals surface area contributed by atoms with Gasteiger partial charge in [0.15, 0.2) is 5.78 Å². The lowest BCUT2D eigenvalue weighted by Crippen LogP contribution is -2.46. The summed E-state index contributed by atoms with van der Waals surface area (Å²) < 4.78 is 1.03. The third-order valence-electron chi connectivity index (χ3n) is 3.50. The summed E-state index contributed by atoms with van der Waals surface area (Å²) in [7, 11) is 0. The number of benzene rings is 1. The zero-order chi connectivity index (χ0) is 13.1. The van der Waals surface area contributed by atoms with E-state index in [1.165, 1.54) is 0 Å². The largest absolute Gasteiger partial charge is 0.368 e. The van der Waals surface area contributed by atoms with Crippen molar-refractivity contribution in [2.75, 3.05) is 37.6 Å². The van der Waals surface area contributed by atoms with Crippen LogP contribution >= 0.6 is 15.9 Å². The minimum Gasteiger partial charge on any atom is -0.368 e. The van der Waals surface area contributed by atoms with Gasteiger partial charge in [-0.25, -0.2) is 0 Å². The quantitative estimate of drug-likeness (QED) is 0.802. The molecule has 0 spiro atoms. The zero-order valence-corrected chi connectivity index (χ0v) is 12.5. The first-order valence-corrected chi connectivity index (χ1v) is 7.19. The topological polar surface area (TPSA) is 23.6 Å². The van der Waals surface area contributed by atoms with Gasteiger partial charge in [0.25, 0.3) is 0 Å². The van der Waals surface area contributed by atoms with Gasteiger partial charge < -0.3 is 9.80 Å². The Morgan fingerprint density at radius 2 is 1.94 bits per heavy atom. The molecular weight excluding hydrogens is 292 g/mol. The third-order valence-corrected chi connectivity index (χ3v) is 3.99. The molecule has 1 aromatic rings. The van der Waals surface area contributed by atoms with E-state index in [1.54, 1.807) is 6.92 Å². The van der Waals surface area contributed by atoms with Crippen LogP contribution in [0, 0.1) is 0 Å². The average Bonchev–Trinajstić information content (AvgIpc) is 2.38. The highest BCUT2D eigenvalue weighted by atomic mass is 79.9. The molecule has 1 aliphatic rings. The molecule has 18 heavy (non-hydrogen) atoms. The first-order valence-electron chi connectivity index (χ1n) is 6.39. The van der Waals surface area contributed by atoms with Crippen molar-refractivity contribution in [3.8, 4) is 0 Å². The van der Waals surface area contributed by atoms with E-state index in [0.29, 0.717) is 0 Å². The van der Waals surface area contributed by atoms with E-state index in [1.807, 2.05) is 12.1 Å². The number of ketones is 1. The number of halogens is 1. The highest BCUT2D eigenvalue weighted by Gasteiger charge is 2.19. The Labute approximate surface area is 117 Å². The molecule has 98 valence electrons. The van der Waals surface area contributed by atoms with Crippen molar-refractivity contribution in [3.05, 3.63) is 28.2 Å². The van der Waals surface area contributed by atoms with E-state index < -0.39 is 0 Å². The van der Waals surface area contributed by atoms with Gasteiger partial charge in [-0.15, -0.1) is 0 Å². The van der Waals surface area contributed by atoms with Gasteiger partial charge >= 0.3 is 0 Å². The molecule has 1 aliphatic heterocycles. The number of hydrogen-bond acceptors (Lipinski definition) is 3. The lowest BCUT2D eigenvalue weighted by atomic mass is 10.1. The molecule has 0 atom stereocenters. The number of likely N-dealkylation sites (N-methyl/N-ethyl adjacent to an activating group) is 1. The zero-order valence-electron chi connectivity index (χ0n) is 10.9. The number of carbonyl (C=O) groups excluding carboxylic acids is 1. The van der Waals surface area contributed by atoms with Crippen molar-refractivity contribution in [2.24, 2.45) is 0 Å². The van der Waals surface area contributed by atoms with Crippen molar-refractivity contribution in [1.29, 1.82) is 0 Å². The predicted molar refractivity (Wildman–Crippen MR) is 78.5 cm³/mol. The van der Waals surface area contributed by atoms with Crippen LogP contribution in [0.15, 0.2) is 22.7 Å². The molecule has 2 rings (SSSR count). The minimum absolute atomic E-state index is 0.135. The maximum atomic E-state index is 11.7. The van der Waals surface area contributed by atoms with Crippen molar-refractivity contribution in [3.63, 3.8) is 0 Å². The van der Waals surface area contributed by atoms with E-state index >= 15 is 0 Å². The molecule has 0 saturated carbocycles. The monoisotopic (exact) mass is 310 g/mol. The number of nitrogens with zero attached hydrogens (tertiary/aromatic N) is 2. The third kappa shape index (κ3) is 2.93. The second-order valence-electron chi connectivity index (χ2n) is 4.64.